The Morgan fingerprint density at radius 1 is 1.09 bits per heavy atom. The number of nitrogens with one attached hydrogen (secondary N) is 1. The maximum absolute atomic E-state index is 12.9. The van der Waals surface area contributed by atoms with Crippen LogP contribution in [0.4, 0.5) is 5.69 Å². The number of hydrogen-bond acceptors (Lipinski definition) is 3. The van der Waals surface area contributed by atoms with Crippen molar-refractivity contribution >= 4 is 50.2 Å². The van der Waals surface area contributed by atoms with E-state index in [0.29, 0.717) is 18.1 Å². The van der Waals surface area contributed by atoms with E-state index >= 15 is 0 Å². The highest BCUT2D eigenvalue weighted by atomic mass is 79.9. The van der Waals surface area contributed by atoms with Crippen molar-refractivity contribution in [3.63, 3.8) is 0 Å². The molecule has 7 heteroatoms. The van der Waals surface area contributed by atoms with Gasteiger partial charge in [-0.3, -0.25) is 14.3 Å². The molecule has 33 heavy (non-hydrogen) atoms. The number of carbonyl (C=O) groups excluding carboxylic acids is 1. The molecule has 4 aromatic rings. The van der Waals surface area contributed by atoms with E-state index in [-0.39, 0.29) is 11.8 Å². The lowest BCUT2D eigenvalue weighted by Gasteiger charge is -2.31. The minimum absolute atomic E-state index is 0.0439. The van der Waals surface area contributed by atoms with Crippen LogP contribution in [0.15, 0.2) is 77.3 Å². The van der Waals surface area contributed by atoms with Crippen LogP contribution >= 0.6 is 27.5 Å². The lowest BCUT2D eigenvalue weighted by molar-refractivity contribution is -0.121. The van der Waals surface area contributed by atoms with Gasteiger partial charge in [0.2, 0.25) is 5.91 Å². The predicted molar refractivity (Wildman–Crippen MR) is 137 cm³/mol. The normalized spacial score (nSPS) is 16.7. The van der Waals surface area contributed by atoms with Crippen molar-refractivity contribution < 1.29 is 4.79 Å². The zero-order chi connectivity index (χ0) is 22.8. The van der Waals surface area contributed by atoms with Crippen LogP contribution < -0.4 is 5.32 Å². The Hall–Kier alpha value is -2.67. The van der Waals surface area contributed by atoms with E-state index in [0.717, 1.165) is 52.1 Å². The SMILES string of the molecule is O=C(Nc1cccc(Cl)c1)[C@@H]1CCCN(Cc2nc3ccccc3n2-c2cccc(Br)c2)C1. The summed E-state index contributed by atoms with van der Waals surface area (Å²) < 4.78 is 3.25. The molecule has 1 atom stereocenters. The van der Waals surface area contributed by atoms with Crippen molar-refractivity contribution in [2.75, 3.05) is 18.4 Å². The van der Waals surface area contributed by atoms with Crippen LogP contribution in [0, 0.1) is 5.92 Å². The largest absolute Gasteiger partial charge is 0.326 e. The van der Waals surface area contributed by atoms with Crippen molar-refractivity contribution in [2.24, 2.45) is 5.92 Å². The van der Waals surface area contributed by atoms with Gasteiger partial charge >= 0.3 is 0 Å². The van der Waals surface area contributed by atoms with Crippen LogP contribution in [-0.4, -0.2) is 33.4 Å². The third-order valence-electron chi connectivity index (χ3n) is 6.03. The minimum atomic E-state index is -0.0681. The molecule has 0 spiro atoms. The maximum Gasteiger partial charge on any atom is 0.228 e. The van der Waals surface area contributed by atoms with Gasteiger partial charge in [-0.05, 0) is 67.9 Å². The molecule has 5 nitrogen and oxygen atoms in total. The second-order valence-electron chi connectivity index (χ2n) is 8.41. The monoisotopic (exact) mass is 522 g/mol. The molecule has 1 aliphatic heterocycles. The van der Waals surface area contributed by atoms with Gasteiger partial charge in [-0.2, -0.15) is 0 Å². The summed E-state index contributed by atoms with van der Waals surface area (Å²) in [6.45, 7) is 2.33. The number of para-hydroxylation sites is 2. The first kappa shape index (κ1) is 22.1. The number of rotatable bonds is 5. The summed E-state index contributed by atoms with van der Waals surface area (Å²) >= 11 is 9.66. The summed E-state index contributed by atoms with van der Waals surface area (Å²) in [4.78, 5) is 20.2. The van der Waals surface area contributed by atoms with Crippen LogP contribution in [0.5, 0.6) is 0 Å². The first-order chi connectivity index (χ1) is 16.1. The Morgan fingerprint density at radius 2 is 1.94 bits per heavy atom. The molecule has 3 aromatic carbocycles. The number of hydrogen-bond donors (Lipinski definition) is 1. The van der Waals surface area contributed by atoms with Gasteiger partial charge in [-0.25, -0.2) is 4.98 Å². The fraction of sp³-hybridized carbons (Fsp3) is 0.231. The van der Waals surface area contributed by atoms with Crippen molar-refractivity contribution in [1.82, 2.24) is 14.5 Å². The Balaban J connectivity index is 1.37. The molecule has 0 unspecified atom stereocenters. The van der Waals surface area contributed by atoms with Crippen molar-refractivity contribution in [3.05, 3.63) is 88.1 Å². The molecule has 0 radical (unpaired) electrons. The summed E-state index contributed by atoms with van der Waals surface area (Å²) in [6.07, 6.45) is 1.86. The lowest BCUT2D eigenvalue weighted by atomic mass is 9.97. The number of anilines is 1. The van der Waals surface area contributed by atoms with Gasteiger partial charge in [0.1, 0.15) is 5.82 Å². The van der Waals surface area contributed by atoms with Crippen LogP contribution in [-0.2, 0) is 11.3 Å². The summed E-state index contributed by atoms with van der Waals surface area (Å²) in [7, 11) is 0. The number of nitrogens with zero attached hydrogens (tertiary/aromatic N) is 3. The standard InChI is InChI=1S/C26H24BrClN4O/c27-19-7-3-10-22(14-19)32-24-12-2-1-11-23(24)30-25(32)17-31-13-5-6-18(16-31)26(33)29-21-9-4-8-20(28)15-21/h1-4,7-12,14-15,18H,5-6,13,16-17H2,(H,29,33)/t18-/m1/s1. The number of imidazole rings is 1. The highest BCUT2D eigenvalue weighted by Gasteiger charge is 2.27. The van der Waals surface area contributed by atoms with Crippen LogP contribution in [0.25, 0.3) is 16.7 Å². The predicted octanol–water partition coefficient (Wildman–Crippen LogP) is 6.29. The smallest absolute Gasteiger partial charge is 0.228 e. The van der Waals surface area contributed by atoms with E-state index in [2.05, 4.69) is 48.9 Å². The molecule has 5 rings (SSSR count). The molecular formula is C26H24BrClN4O. The van der Waals surface area contributed by atoms with E-state index in [1.807, 2.05) is 42.5 Å². The molecule has 168 valence electrons. The van der Waals surface area contributed by atoms with Gasteiger partial charge < -0.3 is 5.32 Å². The van der Waals surface area contributed by atoms with E-state index in [1.54, 1.807) is 12.1 Å². The van der Waals surface area contributed by atoms with Gasteiger partial charge in [0, 0.05) is 27.4 Å². The van der Waals surface area contributed by atoms with Gasteiger partial charge in [-0.1, -0.05) is 51.8 Å². The zero-order valence-electron chi connectivity index (χ0n) is 18.0. The van der Waals surface area contributed by atoms with E-state index in [1.165, 1.54) is 0 Å². The molecule has 0 saturated carbocycles. The van der Waals surface area contributed by atoms with E-state index in [9.17, 15) is 4.79 Å². The fourth-order valence-corrected chi connectivity index (χ4v) is 5.09. The second-order valence-corrected chi connectivity index (χ2v) is 9.76. The van der Waals surface area contributed by atoms with Gasteiger partial charge in [-0.15, -0.1) is 0 Å². The molecule has 1 aliphatic rings. The Morgan fingerprint density at radius 3 is 2.79 bits per heavy atom. The number of piperidine rings is 1. The highest BCUT2D eigenvalue weighted by Crippen LogP contribution is 2.27. The quantitative estimate of drug-likeness (QED) is 0.334. The minimum Gasteiger partial charge on any atom is -0.326 e. The van der Waals surface area contributed by atoms with Crippen LogP contribution in [0.3, 0.4) is 0 Å². The number of fused-ring (bicyclic) bond motifs is 1. The maximum atomic E-state index is 12.9. The highest BCUT2D eigenvalue weighted by molar-refractivity contribution is 9.10. The summed E-state index contributed by atoms with van der Waals surface area (Å²) in [5, 5.41) is 3.64. The zero-order valence-corrected chi connectivity index (χ0v) is 20.4. The average Bonchev–Trinajstić information content (AvgIpc) is 3.17. The first-order valence-corrected chi connectivity index (χ1v) is 12.2. The van der Waals surface area contributed by atoms with E-state index < -0.39 is 0 Å². The number of likely N-dealkylation sites (tertiary alicyclic amines) is 1. The molecule has 0 aliphatic carbocycles. The number of halogens is 2. The third-order valence-corrected chi connectivity index (χ3v) is 6.76. The molecule has 1 N–H and O–H groups in total. The fourth-order valence-electron chi connectivity index (χ4n) is 4.51. The third kappa shape index (κ3) is 4.98. The summed E-state index contributed by atoms with van der Waals surface area (Å²) in [5.74, 6) is 0.953. The van der Waals surface area contributed by atoms with Crippen LogP contribution in [0.1, 0.15) is 18.7 Å². The van der Waals surface area contributed by atoms with Gasteiger partial charge in [0.05, 0.1) is 23.5 Å². The molecule has 1 aromatic heterocycles. The molecule has 1 saturated heterocycles. The number of carbonyl (C=O) groups is 1. The second kappa shape index (κ2) is 9.67. The summed E-state index contributed by atoms with van der Waals surface area (Å²) in [5.41, 5.74) is 3.86. The Labute approximate surface area is 206 Å². The van der Waals surface area contributed by atoms with E-state index in [4.69, 9.17) is 16.6 Å². The van der Waals surface area contributed by atoms with Crippen LogP contribution in [0.2, 0.25) is 5.02 Å². The average molecular weight is 524 g/mol. The van der Waals surface area contributed by atoms with Crippen molar-refractivity contribution in [3.8, 4) is 5.69 Å². The van der Waals surface area contributed by atoms with Gasteiger partial charge in [0.25, 0.3) is 0 Å². The Kier molecular flexibility index (Phi) is 6.49. The van der Waals surface area contributed by atoms with Crippen molar-refractivity contribution in [2.45, 2.75) is 19.4 Å². The molecule has 2 heterocycles. The summed E-state index contributed by atoms with van der Waals surface area (Å²) in [6, 6.07) is 23.8. The number of aromatic nitrogens is 2. The molecule has 1 fully saturated rings. The molecule has 1 amide bonds. The van der Waals surface area contributed by atoms with Gasteiger partial charge in [0.15, 0.2) is 0 Å². The Bertz CT molecular complexity index is 1300. The lowest BCUT2D eigenvalue weighted by Crippen LogP contribution is -2.40. The molecule has 0 bridgehead atoms. The first-order valence-electron chi connectivity index (χ1n) is 11.1. The topological polar surface area (TPSA) is 50.2 Å². The van der Waals surface area contributed by atoms with Crippen molar-refractivity contribution in [1.29, 1.82) is 0 Å². The number of benzene rings is 3. The molecular weight excluding hydrogens is 500 g/mol. The number of amides is 1.